The van der Waals surface area contributed by atoms with Crippen LogP contribution in [0, 0.1) is 0 Å². The van der Waals surface area contributed by atoms with Crippen molar-refractivity contribution in [3.63, 3.8) is 0 Å². The molecule has 0 spiro atoms. The summed E-state index contributed by atoms with van der Waals surface area (Å²) in [6.07, 6.45) is 8.09. The zero-order valence-electron chi connectivity index (χ0n) is 37.9. The van der Waals surface area contributed by atoms with E-state index in [4.69, 9.17) is 4.42 Å². The molecule has 1 unspecified atom stereocenters. The number of rotatable bonds is 9. The molecule has 10 aromatic carbocycles. The topological polar surface area (TPSA) is 21.3 Å². The summed E-state index contributed by atoms with van der Waals surface area (Å²) in [6.45, 7) is 0. The Balaban J connectivity index is 0.880. The highest BCUT2D eigenvalue weighted by Crippen LogP contribution is 2.44. The van der Waals surface area contributed by atoms with Gasteiger partial charge in [0.1, 0.15) is 11.2 Å². The third kappa shape index (κ3) is 7.24. The Morgan fingerprint density at radius 3 is 1.62 bits per heavy atom. The minimum absolute atomic E-state index is 0.183. The fourth-order valence-corrected chi connectivity index (χ4v) is 10.6. The highest BCUT2D eigenvalue weighted by molar-refractivity contribution is 6.17. The van der Waals surface area contributed by atoms with Gasteiger partial charge in [-0.3, -0.25) is 0 Å². The monoisotopic (exact) mass is 882 g/mol. The minimum atomic E-state index is 0.183. The smallest absolute Gasteiger partial charge is 0.137 e. The van der Waals surface area contributed by atoms with Gasteiger partial charge in [0.05, 0.1) is 22.1 Å². The molecule has 1 atom stereocenters. The normalized spacial score (nSPS) is 13.6. The Morgan fingerprint density at radius 2 is 0.942 bits per heavy atom. The molecule has 0 N–H and O–H groups in total. The van der Waals surface area contributed by atoms with Crippen molar-refractivity contribution in [2.45, 2.75) is 12.3 Å². The number of aromatic nitrogens is 1. The van der Waals surface area contributed by atoms with E-state index < -0.39 is 0 Å². The SMILES string of the molecule is C1=CC(c2cccc3c2c2ccccc2n3-c2cccc3oc4ccccc4c23)=CC(c2cccc(N(c3ccc(-c4ccccc4)cc3)c3ccc(-c4ccc(-c5ccccc5)cc4)cc3)c2)C1. The predicted octanol–water partition coefficient (Wildman–Crippen LogP) is 18.3. The highest BCUT2D eigenvalue weighted by Gasteiger charge is 2.22. The van der Waals surface area contributed by atoms with Gasteiger partial charge < -0.3 is 13.9 Å². The van der Waals surface area contributed by atoms with Crippen molar-refractivity contribution in [2.75, 3.05) is 4.90 Å². The molecule has 1 aliphatic carbocycles. The van der Waals surface area contributed by atoms with Gasteiger partial charge >= 0.3 is 0 Å². The number of para-hydroxylation sites is 2. The Bertz CT molecular complexity index is 3890. The van der Waals surface area contributed by atoms with Crippen molar-refractivity contribution in [3.05, 3.63) is 272 Å². The van der Waals surface area contributed by atoms with Crippen LogP contribution < -0.4 is 4.90 Å². The van der Waals surface area contributed by atoms with Crippen LogP contribution in [0.5, 0.6) is 0 Å². The van der Waals surface area contributed by atoms with Gasteiger partial charge in [0.15, 0.2) is 0 Å². The number of hydrogen-bond donors (Lipinski definition) is 0. The summed E-state index contributed by atoms with van der Waals surface area (Å²) in [5, 5.41) is 4.74. The van der Waals surface area contributed by atoms with Crippen LogP contribution >= 0.6 is 0 Å². The number of benzene rings is 10. The van der Waals surface area contributed by atoms with E-state index >= 15 is 0 Å². The molecule has 12 aromatic rings. The molecule has 1 aliphatic rings. The lowest BCUT2D eigenvalue weighted by Crippen LogP contribution is -2.11. The van der Waals surface area contributed by atoms with Gasteiger partial charge in [-0.25, -0.2) is 0 Å². The molecule has 13 rings (SSSR count). The van der Waals surface area contributed by atoms with Crippen molar-refractivity contribution >= 4 is 66.4 Å². The summed E-state index contributed by atoms with van der Waals surface area (Å²) in [7, 11) is 0. The third-order valence-corrected chi connectivity index (χ3v) is 13.9. The van der Waals surface area contributed by atoms with Crippen LogP contribution in [0.2, 0.25) is 0 Å². The van der Waals surface area contributed by atoms with Gasteiger partial charge in [-0.2, -0.15) is 0 Å². The van der Waals surface area contributed by atoms with Crippen LogP contribution in [-0.2, 0) is 0 Å². The van der Waals surface area contributed by atoms with Gasteiger partial charge in [0.25, 0.3) is 0 Å². The largest absolute Gasteiger partial charge is 0.456 e. The average Bonchev–Trinajstić information content (AvgIpc) is 3.98. The van der Waals surface area contributed by atoms with E-state index in [0.29, 0.717) is 0 Å². The maximum Gasteiger partial charge on any atom is 0.137 e. The van der Waals surface area contributed by atoms with E-state index in [2.05, 4.69) is 264 Å². The molecule has 0 fully saturated rings. The van der Waals surface area contributed by atoms with Crippen molar-refractivity contribution in [1.29, 1.82) is 0 Å². The quantitative estimate of drug-likeness (QED) is 0.144. The van der Waals surface area contributed by atoms with E-state index in [1.165, 1.54) is 71.9 Å². The molecule has 326 valence electrons. The first kappa shape index (κ1) is 40.4. The molecule has 3 nitrogen and oxygen atoms in total. The van der Waals surface area contributed by atoms with Crippen molar-refractivity contribution < 1.29 is 4.42 Å². The zero-order valence-corrected chi connectivity index (χ0v) is 37.9. The predicted molar refractivity (Wildman–Crippen MR) is 290 cm³/mol. The van der Waals surface area contributed by atoms with Crippen molar-refractivity contribution in [2.24, 2.45) is 0 Å². The number of hydrogen-bond acceptors (Lipinski definition) is 2. The number of allylic oxidation sites excluding steroid dienone is 4. The molecule has 2 heterocycles. The lowest BCUT2D eigenvalue weighted by Gasteiger charge is -2.27. The number of nitrogens with zero attached hydrogens (tertiary/aromatic N) is 2. The van der Waals surface area contributed by atoms with Crippen molar-refractivity contribution in [3.8, 4) is 39.1 Å². The van der Waals surface area contributed by atoms with E-state index in [1.54, 1.807) is 0 Å². The molecule has 0 saturated carbocycles. The van der Waals surface area contributed by atoms with E-state index in [-0.39, 0.29) is 5.92 Å². The standard InChI is InChI=1S/C66H46N2O/c1-3-15-45(16-4-1)47-31-33-48(34-32-47)50-37-41-55(42-38-50)67(54-39-35-49(36-40-54)46-17-5-2-6-18-46)56-22-12-20-52(44-56)51-19-11-21-53(43-51)57-25-13-27-61-65(57)58-23-7-9-26-60(58)68(61)62-28-14-30-64-66(62)59-24-8-10-29-63(59)69-64/h1-18,20-44,51H,19H2. The Kier molecular flexibility index (Phi) is 9.98. The second-order valence-corrected chi connectivity index (χ2v) is 18.0. The molecule has 0 saturated heterocycles. The summed E-state index contributed by atoms with van der Waals surface area (Å²) in [6, 6.07) is 87.6. The Labute approximate surface area is 401 Å². The fraction of sp³-hybridized carbons (Fsp3) is 0.0303. The third-order valence-electron chi connectivity index (χ3n) is 13.9. The van der Waals surface area contributed by atoms with Gasteiger partial charge in [0, 0.05) is 39.1 Å². The summed E-state index contributed by atoms with van der Waals surface area (Å²) < 4.78 is 8.82. The fourth-order valence-electron chi connectivity index (χ4n) is 10.6. The molecular formula is C66H46N2O. The van der Waals surface area contributed by atoms with Gasteiger partial charge in [-0.05, 0) is 123 Å². The van der Waals surface area contributed by atoms with Gasteiger partial charge in [0.2, 0.25) is 0 Å². The first-order valence-corrected chi connectivity index (χ1v) is 23.8. The molecule has 69 heavy (non-hydrogen) atoms. The molecule has 0 radical (unpaired) electrons. The number of fused-ring (bicyclic) bond motifs is 6. The second kappa shape index (κ2) is 17.1. The maximum atomic E-state index is 6.38. The summed E-state index contributed by atoms with van der Waals surface area (Å²) in [4.78, 5) is 2.39. The maximum absolute atomic E-state index is 6.38. The highest BCUT2D eigenvalue weighted by atomic mass is 16.3. The summed E-state index contributed by atoms with van der Waals surface area (Å²) in [5.74, 6) is 0.183. The first-order valence-electron chi connectivity index (χ1n) is 23.8. The summed E-state index contributed by atoms with van der Waals surface area (Å²) in [5.41, 5.74) is 19.6. The minimum Gasteiger partial charge on any atom is -0.456 e. The Morgan fingerprint density at radius 1 is 0.406 bits per heavy atom. The number of anilines is 3. The summed E-state index contributed by atoms with van der Waals surface area (Å²) >= 11 is 0. The lowest BCUT2D eigenvalue weighted by atomic mass is 9.86. The average molecular weight is 883 g/mol. The second-order valence-electron chi connectivity index (χ2n) is 18.0. The van der Waals surface area contributed by atoms with Crippen LogP contribution in [0.4, 0.5) is 17.1 Å². The van der Waals surface area contributed by atoms with Gasteiger partial charge in [-0.1, -0.05) is 194 Å². The first-order chi connectivity index (χ1) is 34.2. The molecule has 0 bridgehead atoms. The van der Waals surface area contributed by atoms with Crippen molar-refractivity contribution in [1.82, 2.24) is 4.57 Å². The lowest BCUT2D eigenvalue weighted by molar-refractivity contribution is 0.669. The van der Waals surface area contributed by atoms with Gasteiger partial charge in [-0.15, -0.1) is 0 Å². The molecule has 2 aromatic heterocycles. The van der Waals surface area contributed by atoms with Crippen LogP contribution in [0.1, 0.15) is 23.5 Å². The van der Waals surface area contributed by atoms with E-state index in [1.807, 2.05) is 6.07 Å². The molecule has 3 heteroatoms. The van der Waals surface area contributed by atoms with Crippen LogP contribution in [0.15, 0.2) is 265 Å². The van der Waals surface area contributed by atoms with E-state index in [9.17, 15) is 0 Å². The van der Waals surface area contributed by atoms with Crippen LogP contribution in [0.25, 0.3) is 88.4 Å². The Hall–Kier alpha value is -8.92. The molecule has 0 amide bonds. The number of furan rings is 1. The van der Waals surface area contributed by atoms with Crippen LogP contribution in [-0.4, -0.2) is 4.57 Å². The van der Waals surface area contributed by atoms with Crippen LogP contribution in [0.3, 0.4) is 0 Å². The molecular weight excluding hydrogens is 837 g/mol. The molecule has 0 aliphatic heterocycles. The van der Waals surface area contributed by atoms with E-state index in [0.717, 1.165) is 51.1 Å². The zero-order chi connectivity index (χ0) is 45.7.